The number of amides is 1. The third-order valence-corrected chi connectivity index (χ3v) is 6.90. The van der Waals surface area contributed by atoms with Crippen LogP contribution < -0.4 is 4.90 Å². The van der Waals surface area contributed by atoms with Crippen molar-refractivity contribution < 1.29 is 13.2 Å². The minimum absolute atomic E-state index is 0.0494. The van der Waals surface area contributed by atoms with Crippen molar-refractivity contribution in [3.63, 3.8) is 0 Å². The van der Waals surface area contributed by atoms with Gasteiger partial charge >= 0.3 is 0 Å². The number of carbonyl (C=O) groups is 1. The lowest BCUT2D eigenvalue weighted by Gasteiger charge is -2.36. The number of rotatable bonds is 5. The molecule has 2 saturated heterocycles. The second-order valence-corrected chi connectivity index (χ2v) is 8.97. The van der Waals surface area contributed by atoms with E-state index >= 15 is 0 Å². The molecule has 0 saturated carbocycles. The highest BCUT2D eigenvalue weighted by Crippen LogP contribution is 2.18. The summed E-state index contributed by atoms with van der Waals surface area (Å²) in [6.45, 7) is 6.15. The molecule has 0 atom stereocenters. The standard InChI is InChI=1S/C18H27N3O3S/c1-16-5-4-6-17(15-16)19-10-12-20(13-11-19)18(22)7-14-25(23,24)21-8-2-3-9-21/h4-6,15H,2-3,7-14H2,1H3. The van der Waals surface area contributed by atoms with E-state index in [2.05, 4.69) is 30.0 Å². The number of hydrogen-bond acceptors (Lipinski definition) is 4. The minimum atomic E-state index is -3.28. The summed E-state index contributed by atoms with van der Waals surface area (Å²) >= 11 is 0. The highest BCUT2D eigenvalue weighted by atomic mass is 32.2. The van der Waals surface area contributed by atoms with E-state index in [0.29, 0.717) is 26.2 Å². The third-order valence-electron chi connectivity index (χ3n) is 5.03. The van der Waals surface area contributed by atoms with Crippen molar-refractivity contribution >= 4 is 21.6 Å². The van der Waals surface area contributed by atoms with Crippen LogP contribution in [0.1, 0.15) is 24.8 Å². The number of sulfonamides is 1. The molecule has 3 rings (SSSR count). The molecule has 1 aromatic carbocycles. The largest absolute Gasteiger partial charge is 0.368 e. The van der Waals surface area contributed by atoms with Crippen molar-refractivity contribution in [2.75, 3.05) is 49.9 Å². The summed E-state index contributed by atoms with van der Waals surface area (Å²) < 4.78 is 26.0. The molecule has 0 spiro atoms. The molecule has 0 aromatic heterocycles. The fourth-order valence-corrected chi connectivity index (χ4v) is 5.01. The molecule has 0 radical (unpaired) electrons. The van der Waals surface area contributed by atoms with Crippen LogP contribution in [0.15, 0.2) is 24.3 Å². The van der Waals surface area contributed by atoms with Gasteiger partial charge in [0.15, 0.2) is 0 Å². The average molecular weight is 365 g/mol. The van der Waals surface area contributed by atoms with Crippen LogP contribution in [0.5, 0.6) is 0 Å². The molecule has 0 N–H and O–H groups in total. The van der Waals surface area contributed by atoms with Gasteiger partial charge in [-0.05, 0) is 37.5 Å². The van der Waals surface area contributed by atoms with Crippen LogP contribution in [0.2, 0.25) is 0 Å². The van der Waals surface area contributed by atoms with Gasteiger partial charge in [0, 0.05) is 51.4 Å². The van der Waals surface area contributed by atoms with Crippen LogP contribution in [0.3, 0.4) is 0 Å². The summed E-state index contributed by atoms with van der Waals surface area (Å²) in [4.78, 5) is 16.5. The number of hydrogen-bond donors (Lipinski definition) is 0. The monoisotopic (exact) mass is 365 g/mol. The smallest absolute Gasteiger partial charge is 0.223 e. The molecule has 2 fully saturated rings. The van der Waals surface area contributed by atoms with Gasteiger partial charge in [-0.15, -0.1) is 0 Å². The molecule has 0 unspecified atom stereocenters. The summed E-state index contributed by atoms with van der Waals surface area (Å²) in [7, 11) is -3.28. The molecular formula is C18H27N3O3S. The van der Waals surface area contributed by atoms with Gasteiger partial charge in [0.05, 0.1) is 5.75 Å². The Hall–Kier alpha value is -1.60. The van der Waals surface area contributed by atoms with Gasteiger partial charge in [-0.3, -0.25) is 4.79 Å². The average Bonchev–Trinajstić information content (AvgIpc) is 3.15. The Balaban J connectivity index is 1.48. The van der Waals surface area contributed by atoms with E-state index in [0.717, 1.165) is 25.9 Å². The van der Waals surface area contributed by atoms with Gasteiger partial charge in [-0.25, -0.2) is 12.7 Å². The van der Waals surface area contributed by atoms with Gasteiger partial charge in [0.2, 0.25) is 15.9 Å². The highest BCUT2D eigenvalue weighted by molar-refractivity contribution is 7.89. The zero-order valence-corrected chi connectivity index (χ0v) is 15.7. The number of benzene rings is 1. The first-order valence-corrected chi connectivity index (χ1v) is 10.6. The van der Waals surface area contributed by atoms with E-state index in [1.54, 1.807) is 4.90 Å². The minimum Gasteiger partial charge on any atom is -0.368 e. The number of nitrogens with zero attached hydrogens (tertiary/aromatic N) is 3. The van der Waals surface area contributed by atoms with Crippen LogP contribution in [0.25, 0.3) is 0 Å². The molecule has 2 aliphatic heterocycles. The van der Waals surface area contributed by atoms with Crippen LogP contribution in [-0.2, 0) is 14.8 Å². The zero-order chi connectivity index (χ0) is 17.9. The van der Waals surface area contributed by atoms with E-state index in [-0.39, 0.29) is 18.1 Å². The quantitative estimate of drug-likeness (QED) is 0.793. The van der Waals surface area contributed by atoms with Gasteiger partial charge in [-0.1, -0.05) is 12.1 Å². The van der Waals surface area contributed by atoms with Crippen molar-refractivity contribution in [3.05, 3.63) is 29.8 Å². The van der Waals surface area contributed by atoms with Gasteiger partial charge in [0.1, 0.15) is 0 Å². The Morgan fingerprint density at radius 2 is 1.72 bits per heavy atom. The van der Waals surface area contributed by atoms with Crippen molar-refractivity contribution in [1.82, 2.24) is 9.21 Å². The summed E-state index contributed by atoms with van der Waals surface area (Å²) in [5, 5.41) is 0. The number of carbonyl (C=O) groups excluding carboxylic acids is 1. The summed E-state index contributed by atoms with van der Waals surface area (Å²) in [5.74, 6) is -0.115. The van der Waals surface area contributed by atoms with E-state index in [1.807, 2.05) is 6.07 Å². The molecular weight excluding hydrogens is 338 g/mol. The molecule has 2 aliphatic rings. The third kappa shape index (κ3) is 4.52. The first kappa shape index (κ1) is 18.2. The molecule has 1 amide bonds. The summed E-state index contributed by atoms with van der Waals surface area (Å²) in [6.07, 6.45) is 1.94. The highest BCUT2D eigenvalue weighted by Gasteiger charge is 2.27. The Morgan fingerprint density at radius 1 is 1.04 bits per heavy atom. The molecule has 0 bridgehead atoms. The maximum atomic E-state index is 12.4. The topological polar surface area (TPSA) is 60.9 Å². The molecule has 138 valence electrons. The van der Waals surface area contributed by atoms with Crippen LogP contribution in [-0.4, -0.2) is 68.6 Å². The van der Waals surface area contributed by atoms with Crippen molar-refractivity contribution in [2.45, 2.75) is 26.2 Å². The summed E-state index contributed by atoms with van der Waals surface area (Å²) in [6, 6.07) is 8.36. The predicted octanol–water partition coefficient (Wildman–Crippen LogP) is 1.46. The van der Waals surface area contributed by atoms with Crippen LogP contribution >= 0.6 is 0 Å². The lowest BCUT2D eigenvalue weighted by atomic mass is 10.2. The Kier molecular flexibility index (Phi) is 5.64. The second kappa shape index (κ2) is 7.74. The first-order chi connectivity index (χ1) is 12.0. The van der Waals surface area contributed by atoms with E-state index in [9.17, 15) is 13.2 Å². The Morgan fingerprint density at radius 3 is 2.36 bits per heavy atom. The predicted molar refractivity (Wildman–Crippen MR) is 99.2 cm³/mol. The first-order valence-electron chi connectivity index (χ1n) is 9.03. The van der Waals surface area contributed by atoms with Crippen molar-refractivity contribution in [3.8, 4) is 0 Å². The lowest BCUT2D eigenvalue weighted by Crippen LogP contribution is -2.49. The maximum Gasteiger partial charge on any atom is 0.223 e. The van der Waals surface area contributed by atoms with Crippen LogP contribution in [0, 0.1) is 6.92 Å². The Labute approximate surface area is 150 Å². The molecule has 1 aromatic rings. The number of aryl methyl sites for hydroxylation is 1. The fraction of sp³-hybridized carbons (Fsp3) is 0.611. The number of piperazine rings is 1. The van der Waals surface area contributed by atoms with E-state index < -0.39 is 10.0 Å². The summed E-state index contributed by atoms with van der Waals surface area (Å²) in [5.41, 5.74) is 2.41. The molecule has 2 heterocycles. The number of anilines is 1. The SMILES string of the molecule is Cc1cccc(N2CCN(C(=O)CCS(=O)(=O)N3CCCC3)CC2)c1. The molecule has 25 heavy (non-hydrogen) atoms. The van der Waals surface area contributed by atoms with Crippen molar-refractivity contribution in [1.29, 1.82) is 0 Å². The van der Waals surface area contributed by atoms with E-state index in [4.69, 9.17) is 0 Å². The lowest BCUT2D eigenvalue weighted by molar-refractivity contribution is -0.131. The second-order valence-electron chi connectivity index (χ2n) is 6.88. The molecule has 0 aliphatic carbocycles. The van der Waals surface area contributed by atoms with Gasteiger partial charge < -0.3 is 9.80 Å². The van der Waals surface area contributed by atoms with E-state index in [1.165, 1.54) is 15.6 Å². The van der Waals surface area contributed by atoms with Gasteiger partial charge in [-0.2, -0.15) is 0 Å². The Bertz CT molecular complexity index is 706. The zero-order valence-electron chi connectivity index (χ0n) is 14.9. The van der Waals surface area contributed by atoms with Crippen molar-refractivity contribution in [2.24, 2.45) is 0 Å². The molecule has 7 heteroatoms. The van der Waals surface area contributed by atoms with Crippen LogP contribution in [0.4, 0.5) is 5.69 Å². The fourth-order valence-electron chi connectivity index (χ4n) is 3.51. The maximum absolute atomic E-state index is 12.4. The molecule has 6 nitrogen and oxygen atoms in total. The van der Waals surface area contributed by atoms with Gasteiger partial charge in [0.25, 0.3) is 0 Å². The normalized spacial score (nSPS) is 19.4.